The van der Waals surface area contributed by atoms with E-state index in [9.17, 15) is 10.1 Å². The largest absolute Gasteiger partial charge is 0.497 e. The third kappa shape index (κ3) is 4.64. The normalized spacial score (nSPS) is 11.1. The summed E-state index contributed by atoms with van der Waals surface area (Å²) in [6.45, 7) is 0. The maximum atomic E-state index is 12.5. The molecule has 0 saturated carbocycles. The lowest BCUT2D eigenvalue weighted by atomic mass is 9.98. The molecule has 6 heteroatoms. The zero-order valence-electron chi connectivity index (χ0n) is 14.4. The van der Waals surface area contributed by atoms with E-state index in [0.717, 1.165) is 5.56 Å². The minimum Gasteiger partial charge on any atom is -0.497 e. The molecule has 2 aromatic carbocycles. The summed E-state index contributed by atoms with van der Waals surface area (Å²) in [7, 11) is 4.65. The summed E-state index contributed by atoms with van der Waals surface area (Å²) in [4.78, 5) is 12.5. The van der Waals surface area contributed by atoms with Crippen LogP contribution in [-0.2, 0) is 11.2 Å². The topological polar surface area (TPSA) is 80.6 Å². The molecular formula is C19H20N2O4. The summed E-state index contributed by atoms with van der Waals surface area (Å²) in [6.07, 6.45) is 0.215. The molecule has 1 amide bonds. The van der Waals surface area contributed by atoms with Crippen LogP contribution in [0.3, 0.4) is 0 Å². The number of rotatable bonds is 7. The monoisotopic (exact) mass is 340 g/mol. The minimum atomic E-state index is -0.868. The van der Waals surface area contributed by atoms with Gasteiger partial charge in [-0.15, -0.1) is 0 Å². The Morgan fingerprint density at radius 3 is 2.44 bits per heavy atom. The zero-order valence-corrected chi connectivity index (χ0v) is 14.4. The highest BCUT2D eigenvalue weighted by Crippen LogP contribution is 2.27. The van der Waals surface area contributed by atoms with Crippen molar-refractivity contribution in [3.05, 3.63) is 48.0 Å². The van der Waals surface area contributed by atoms with Gasteiger partial charge in [0.2, 0.25) is 5.91 Å². The average molecular weight is 340 g/mol. The quantitative estimate of drug-likeness (QED) is 0.838. The molecule has 0 saturated heterocycles. The Balaban J connectivity index is 2.16. The van der Waals surface area contributed by atoms with Gasteiger partial charge in [0.15, 0.2) is 0 Å². The van der Waals surface area contributed by atoms with Crippen molar-refractivity contribution in [3.63, 3.8) is 0 Å². The van der Waals surface area contributed by atoms with Gasteiger partial charge in [0.1, 0.15) is 23.2 Å². The number of methoxy groups -OCH3 is 3. The minimum absolute atomic E-state index is 0.215. The number of carbonyl (C=O) groups is 1. The number of hydrogen-bond donors (Lipinski definition) is 1. The number of hydrogen-bond acceptors (Lipinski definition) is 5. The van der Waals surface area contributed by atoms with E-state index in [1.54, 1.807) is 63.8 Å². The van der Waals surface area contributed by atoms with Gasteiger partial charge >= 0.3 is 0 Å². The molecule has 6 nitrogen and oxygen atoms in total. The van der Waals surface area contributed by atoms with Crippen molar-refractivity contribution >= 4 is 11.6 Å². The molecule has 0 heterocycles. The van der Waals surface area contributed by atoms with Gasteiger partial charge in [-0.1, -0.05) is 6.07 Å². The maximum absolute atomic E-state index is 12.5. The van der Waals surface area contributed by atoms with E-state index in [4.69, 9.17) is 14.2 Å². The lowest BCUT2D eigenvalue weighted by Gasteiger charge is -2.14. The number of nitrogens with one attached hydrogen (secondary N) is 1. The van der Waals surface area contributed by atoms with E-state index < -0.39 is 5.92 Å². The van der Waals surface area contributed by atoms with E-state index in [0.29, 0.717) is 22.9 Å². The van der Waals surface area contributed by atoms with E-state index in [1.165, 1.54) is 0 Å². The number of carbonyl (C=O) groups excluding carboxylic acids is 1. The smallest absolute Gasteiger partial charge is 0.242 e. The molecule has 0 bridgehead atoms. The van der Waals surface area contributed by atoms with Crippen LogP contribution in [0.25, 0.3) is 0 Å². The molecule has 25 heavy (non-hydrogen) atoms. The highest BCUT2D eigenvalue weighted by Gasteiger charge is 2.21. The second-order valence-electron chi connectivity index (χ2n) is 5.28. The summed E-state index contributed by atoms with van der Waals surface area (Å²) in [5.41, 5.74) is 1.30. The van der Waals surface area contributed by atoms with E-state index in [2.05, 4.69) is 5.32 Å². The first-order valence-electron chi connectivity index (χ1n) is 7.66. The second-order valence-corrected chi connectivity index (χ2v) is 5.28. The van der Waals surface area contributed by atoms with Crippen molar-refractivity contribution < 1.29 is 19.0 Å². The molecule has 0 aliphatic rings. The number of ether oxygens (including phenoxy) is 3. The Morgan fingerprint density at radius 2 is 1.80 bits per heavy atom. The van der Waals surface area contributed by atoms with Gasteiger partial charge in [0.25, 0.3) is 0 Å². The molecule has 0 aliphatic carbocycles. The van der Waals surface area contributed by atoms with E-state index in [-0.39, 0.29) is 12.3 Å². The van der Waals surface area contributed by atoms with Crippen LogP contribution in [0.2, 0.25) is 0 Å². The lowest BCUT2D eigenvalue weighted by molar-refractivity contribution is -0.118. The van der Waals surface area contributed by atoms with Gasteiger partial charge in [-0.25, -0.2) is 0 Å². The summed E-state index contributed by atoms with van der Waals surface area (Å²) in [5, 5.41) is 12.2. The van der Waals surface area contributed by atoms with Crippen LogP contribution in [0, 0.1) is 17.2 Å². The molecule has 1 N–H and O–H groups in total. The molecule has 130 valence electrons. The molecule has 2 aromatic rings. The SMILES string of the molecule is COc1cccc(NC(=O)[C@H](C#N)Cc2cc(OC)ccc2OC)c1. The van der Waals surface area contributed by atoms with Crippen LogP contribution in [0.5, 0.6) is 17.2 Å². The van der Waals surface area contributed by atoms with Crippen LogP contribution < -0.4 is 19.5 Å². The van der Waals surface area contributed by atoms with Gasteiger partial charge in [0.05, 0.1) is 27.4 Å². The summed E-state index contributed by atoms with van der Waals surface area (Å²) < 4.78 is 15.6. The molecule has 0 aromatic heterocycles. The Kier molecular flexibility index (Phi) is 6.24. The first-order chi connectivity index (χ1) is 12.1. The summed E-state index contributed by atoms with van der Waals surface area (Å²) in [5.74, 6) is 0.615. The van der Waals surface area contributed by atoms with Crippen LogP contribution in [0.15, 0.2) is 42.5 Å². The van der Waals surface area contributed by atoms with Gasteiger partial charge in [-0.3, -0.25) is 4.79 Å². The Hall–Kier alpha value is -3.20. The van der Waals surface area contributed by atoms with Crippen molar-refractivity contribution in [2.45, 2.75) is 6.42 Å². The van der Waals surface area contributed by atoms with Crippen LogP contribution in [0.1, 0.15) is 5.56 Å². The summed E-state index contributed by atoms with van der Waals surface area (Å²) >= 11 is 0. The van der Waals surface area contributed by atoms with E-state index in [1.807, 2.05) is 6.07 Å². The highest BCUT2D eigenvalue weighted by molar-refractivity contribution is 5.94. The maximum Gasteiger partial charge on any atom is 0.242 e. The van der Waals surface area contributed by atoms with Gasteiger partial charge in [-0.2, -0.15) is 5.26 Å². The average Bonchev–Trinajstić information content (AvgIpc) is 2.65. The highest BCUT2D eigenvalue weighted by atomic mass is 16.5. The third-order valence-electron chi connectivity index (χ3n) is 3.72. The lowest BCUT2D eigenvalue weighted by Crippen LogP contribution is -2.23. The molecule has 0 aliphatic heterocycles. The van der Waals surface area contributed by atoms with Gasteiger partial charge in [0, 0.05) is 18.2 Å². The molecule has 1 atom stereocenters. The number of nitriles is 1. The van der Waals surface area contributed by atoms with Crippen LogP contribution >= 0.6 is 0 Å². The zero-order chi connectivity index (χ0) is 18.2. The fourth-order valence-electron chi connectivity index (χ4n) is 2.39. The number of benzene rings is 2. The first kappa shape index (κ1) is 18.1. The molecule has 2 rings (SSSR count). The number of nitrogens with zero attached hydrogens (tertiary/aromatic N) is 1. The molecule has 0 unspecified atom stereocenters. The fourth-order valence-corrected chi connectivity index (χ4v) is 2.39. The fraction of sp³-hybridized carbons (Fsp3) is 0.263. The molecule has 0 spiro atoms. The van der Waals surface area contributed by atoms with E-state index >= 15 is 0 Å². The van der Waals surface area contributed by atoms with Gasteiger partial charge < -0.3 is 19.5 Å². The third-order valence-corrected chi connectivity index (χ3v) is 3.72. The Morgan fingerprint density at radius 1 is 1.08 bits per heavy atom. The second kappa shape index (κ2) is 8.60. The predicted octanol–water partition coefficient (Wildman–Crippen LogP) is 3.03. The first-order valence-corrected chi connectivity index (χ1v) is 7.66. The standard InChI is InChI=1S/C19H20N2O4/c1-23-16-6-4-5-15(11-16)21-19(22)14(12-20)9-13-10-17(24-2)7-8-18(13)25-3/h4-8,10-11,14H,9H2,1-3H3,(H,21,22)/t14-/m0/s1. The number of anilines is 1. The van der Waals surface area contributed by atoms with Crippen molar-refractivity contribution in [2.75, 3.05) is 26.6 Å². The molecule has 0 radical (unpaired) electrons. The predicted molar refractivity (Wildman–Crippen MR) is 94.0 cm³/mol. The summed E-state index contributed by atoms with van der Waals surface area (Å²) in [6, 6.07) is 14.3. The van der Waals surface area contributed by atoms with Crippen molar-refractivity contribution in [3.8, 4) is 23.3 Å². The van der Waals surface area contributed by atoms with Crippen LogP contribution in [0.4, 0.5) is 5.69 Å². The van der Waals surface area contributed by atoms with Crippen LogP contribution in [-0.4, -0.2) is 27.2 Å². The molecular weight excluding hydrogens is 320 g/mol. The Bertz CT molecular complexity index is 783. The van der Waals surface area contributed by atoms with Gasteiger partial charge in [-0.05, 0) is 35.9 Å². The Labute approximate surface area is 146 Å². The van der Waals surface area contributed by atoms with Crippen molar-refractivity contribution in [1.82, 2.24) is 0 Å². The number of amides is 1. The van der Waals surface area contributed by atoms with Crippen molar-refractivity contribution in [1.29, 1.82) is 5.26 Å². The van der Waals surface area contributed by atoms with Crippen molar-refractivity contribution in [2.24, 2.45) is 5.92 Å². The molecule has 0 fully saturated rings.